The van der Waals surface area contributed by atoms with E-state index in [9.17, 15) is 9.18 Å². The summed E-state index contributed by atoms with van der Waals surface area (Å²) in [6.07, 6.45) is 1.47. The Bertz CT molecular complexity index is 667. The molecule has 5 heteroatoms. The molecule has 0 bridgehead atoms. The molecular weight excluding hydrogens is 283 g/mol. The number of nitrogens with zero attached hydrogens (tertiary/aromatic N) is 1. The van der Waals surface area contributed by atoms with E-state index in [1.54, 1.807) is 36.4 Å². The molecular formula is C17H17FN2O2. The second-order valence-electron chi connectivity index (χ2n) is 4.95. The molecule has 0 aliphatic rings. The van der Waals surface area contributed by atoms with Crippen molar-refractivity contribution in [1.82, 2.24) is 5.43 Å². The topological polar surface area (TPSA) is 50.7 Å². The first kappa shape index (κ1) is 15.7. The molecule has 0 radical (unpaired) electrons. The Kier molecular flexibility index (Phi) is 5.25. The van der Waals surface area contributed by atoms with Gasteiger partial charge in [-0.1, -0.05) is 12.1 Å². The van der Waals surface area contributed by atoms with Crippen molar-refractivity contribution in [3.63, 3.8) is 0 Å². The van der Waals surface area contributed by atoms with Gasteiger partial charge in [-0.3, -0.25) is 4.79 Å². The molecule has 1 amide bonds. The van der Waals surface area contributed by atoms with Crippen molar-refractivity contribution in [2.75, 3.05) is 0 Å². The Morgan fingerprint density at radius 3 is 2.59 bits per heavy atom. The highest BCUT2D eigenvalue weighted by atomic mass is 19.1. The molecule has 0 aromatic heterocycles. The second-order valence-corrected chi connectivity index (χ2v) is 4.95. The van der Waals surface area contributed by atoms with Gasteiger partial charge in [-0.05, 0) is 55.8 Å². The Balaban J connectivity index is 1.94. The number of carbonyl (C=O) groups excluding carboxylic acids is 1. The number of carbonyl (C=O) groups is 1. The van der Waals surface area contributed by atoms with Crippen molar-refractivity contribution < 1.29 is 13.9 Å². The number of hydrogen-bond acceptors (Lipinski definition) is 3. The third-order valence-corrected chi connectivity index (χ3v) is 2.72. The van der Waals surface area contributed by atoms with Gasteiger partial charge in [0.1, 0.15) is 11.6 Å². The molecule has 0 saturated heterocycles. The maximum atomic E-state index is 13.0. The molecule has 22 heavy (non-hydrogen) atoms. The van der Waals surface area contributed by atoms with Crippen LogP contribution < -0.4 is 10.2 Å². The molecule has 0 aliphatic carbocycles. The highest BCUT2D eigenvalue weighted by Crippen LogP contribution is 2.13. The Morgan fingerprint density at radius 1 is 1.23 bits per heavy atom. The number of nitrogens with one attached hydrogen (secondary N) is 1. The minimum absolute atomic E-state index is 0.0792. The summed E-state index contributed by atoms with van der Waals surface area (Å²) in [5, 5.41) is 3.81. The Labute approximate surface area is 128 Å². The van der Waals surface area contributed by atoms with Crippen molar-refractivity contribution in [2.45, 2.75) is 20.0 Å². The molecule has 4 nitrogen and oxygen atoms in total. The van der Waals surface area contributed by atoms with Gasteiger partial charge in [0.05, 0.1) is 12.3 Å². The zero-order valence-corrected chi connectivity index (χ0v) is 12.4. The summed E-state index contributed by atoms with van der Waals surface area (Å²) in [7, 11) is 0. The summed E-state index contributed by atoms with van der Waals surface area (Å²) in [5.41, 5.74) is 3.43. The number of halogens is 1. The lowest BCUT2D eigenvalue weighted by Gasteiger charge is -2.09. The smallest absolute Gasteiger partial charge is 0.271 e. The summed E-state index contributed by atoms with van der Waals surface area (Å²) in [6.45, 7) is 3.86. The van der Waals surface area contributed by atoms with Crippen LogP contribution in [0.4, 0.5) is 4.39 Å². The van der Waals surface area contributed by atoms with E-state index in [0.29, 0.717) is 16.9 Å². The molecule has 1 N–H and O–H groups in total. The van der Waals surface area contributed by atoms with E-state index in [4.69, 9.17) is 4.74 Å². The minimum Gasteiger partial charge on any atom is -0.491 e. The summed E-state index contributed by atoms with van der Waals surface area (Å²) >= 11 is 0. The lowest BCUT2D eigenvalue weighted by Crippen LogP contribution is -2.17. The van der Waals surface area contributed by atoms with Crippen molar-refractivity contribution >= 4 is 12.1 Å². The largest absolute Gasteiger partial charge is 0.491 e. The minimum atomic E-state index is -0.351. The highest BCUT2D eigenvalue weighted by Gasteiger charge is 2.05. The van der Waals surface area contributed by atoms with E-state index in [1.807, 2.05) is 13.8 Å². The zero-order chi connectivity index (χ0) is 15.9. The van der Waals surface area contributed by atoms with E-state index < -0.39 is 0 Å². The highest BCUT2D eigenvalue weighted by molar-refractivity contribution is 5.94. The van der Waals surface area contributed by atoms with Gasteiger partial charge in [-0.25, -0.2) is 9.82 Å². The predicted octanol–water partition coefficient (Wildman–Crippen LogP) is 3.38. The van der Waals surface area contributed by atoms with Crippen LogP contribution in [0.2, 0.25) is 0 Å². The van der Waals surface area contributed by atoms with Crippen LogP contribution >= 0.6 is 0 Å². The number of ether oxygens (including phenoxy) is 1. The van der Waals surface area contributed by atoms with Crippen molar-refractivity contribution in [3.8, 4) is 5.75 Å². The van der Waals surface area contributed by atoms with Gasteiger partial charge in [-0.2, -0.15) is 5.10 Å². The van der Waals surface area contributed by atoms with Gasteiger partial charge in [0, 0.05) is 5.56 Å². The van der Waals surface area contributed by atoms with Gasteiger partial charge in [0.15, 0.2) is 0 Å². The quantitative estimate of drug-likeness (QED) is 0.680. The molecule has 0 heterocycles. The molecule has 0 fully saturated rings. The van der Waals surface area contributed by atoms with Crippen LogP contribution in [0.1, 0.15) is 29.8 Å². The van der Waals surface area contributed by atoms with Gasteiger partial charge in [0.2, 0.25) is 0 Å². The van der Waals surface area contributed by atoms with Crippen LogP contribution in [-0.4, -0.2) is 18.2 Å². The van der Waals surface area contributed by atoms with Gasteiger partial charge in [-0.15, -0.1) is 0 Å². The monoisotopic (exact) mass is 300 g/mol. The summed E-state index contributed by atoms with van der Waals surface area (Å²) < 4.78 is 18.5. The molecule has 2 aromatic rings. The maximum Gasteiger partial charge on any atom is 0.271 e. The normalized spacial score (nSPS) is 10.9. The molecule has 2 aromatic carbocycles. The third kappa shape index (κ3) is 4.70. The number of rotatable bonds is 5. The fraction of sp³-hybridized carbons (Fsp3) is 0.176. The summed E-state index contributed by atoms with van der Waals surface area (Å²) in [6, 6.07) is 12.7. The van der Waals surface area contributed by atoms with Crippen LogP contribution in [0.5, 0.6) is 5.75 Å². The van der Waals surface area contributed by atoms with Gasteiger partial charge in [0.25, 0.3) is 5.91 Å². The van der Waals surface area contributed by atoms with Crippen LogP contribution in [0.3, 0.4) is 0 Å². The molecule has 0 spiro atoms. The second kappa shape index (κ2) is 7.36. The van der Waals surface area contributed by atoms with Crippen LogP contribution in [-0.2, 0) is 0 Å². The summed E-state index contributed by atoms with van der Waals surface area (Å²) in [4.78, 5) is 11.9. The standard InChI is InChI=1S/C17H17FN2O2/c1-12(2)22-16-8-6-14(7-9-16)17(21)20-19-11-13-4-3-5-15(18)10-13/h3-12H,1-2H3,(H,20,21)/b19-11-. The fourth-order valence-corrected chi connectivity index (χ4v) is 1.77. The van der Waals surface area contributed by atoms with E-state index in [1.165, 1.54) is 18.3 Å². The first-order valence-corrected chi connectivity index (χ1v) is 6.90. The number of benzene rings is 2. The molecule has 0 unspecified atom stereocenters. The van der Waals surface area contributed by atoms with Crippen molar-refractivity contribution in [3.05, 3.63) is 65.5 Å². The van der Waals surface area contributed by atoms with E-state index in [-0.39, 0.29) is 17.8 Å². The predicted molar refractivity (Wildman–Crippen MR) is 83.7 cm³/mol. The molecule has 114 valence electrons. The fourth-order valence-electron chi connectivity index (χ4n) is 1.77. The van der Waals surface area contributed by atoms with Crippen LogP contribution in [0.15, 0.2) is 53.6 Å². The van der Waals surface area contributed by atoms with Gasteiger partial charge >= 0.3 is 0 Å². The molecule has 0 atom stereocenters. The lowest BCUT2D eigenvalue weighted by atomic mass is 10.2. The number of hydrazone groups is 1. The van der Waals surface area contributed by atoms with Crippen LogP contribution in [0.25, 0.3) is 0 Å². The average Bonchev–Trinajstić information content (AvgIpc) is 2.47. The summed E-state index contributed by atoms with van der Waals surface area (Å²) in [5.74, 6) is 0.00887. The third-order valence-electron chi connectivity index (χ3n) is 2.72. The van der Waals surface area contributed by atoms with Crippen LogP contribution in [0, 0.1) is 5.82 Å². The molecule has 0 aliphatic heterocycles. The van der Waals surface area contributed by atoms with Crippen molar-refractivity contribution in [2.24, 2.45) is 5.10 Å². The molecule has 0 saturated carbocycles. The number of amides is 1. The van der Waals surface area contributed by atoms with E-state index in [2.05, 4.69) is 10.5 Å². The molecule has 2 rings (SSSR count). The van der Waals surface area contributed by atoms with Gasteiger partial charge < -0.3 is 4.74 Å². The first-order chi connectivity index (χ1) is 10.5. The number of hydrogen-bond donors (Lipinski definition) is 1. The Morgan fingerprint density at radius 2 is 1.95 bits per heavy atom. The zero-order valence-electron chi connectivity index (χ0n) is 12.4. The maximum absolute atomic E-state index is 13.0. The Hall–Kier alpha value is -2.69. The van der Waals surface area contributed by atoms with E-state index >= 15 is 0 Å². The van der Waals surface area contributed by atoms with E-state index in [0.717, 1.165) is 0 Å². The SMILES string of the molecule is CC(C)Oc1ccc(C(=O)N/N=C\c2cccc(F)c2)cc1. The van der Waals surface area contributed by atoms with Crippen molar-refractivity contribution in [1.29, 1.82) is 0 Å². The lowest BCUT2D eigenvalue weighted by molar-refractivity contribution is 0.0955. The first-order valence-electron chi connectivity index (χ1n) is 6.90. The average molecular weight is 300 g/mol.